The van der Waals surface area contributed by atoms with Crippen LogP contribution in [0.25, 0.3) is 0 Å². The Morgan fingerprint density at radius 3 is 2.50 bits per heavy atom. The molecule has 3 nitrogen and oxygen atoms in total. The highest BCUT2D eigenvalue weighted by Gasteiger charge is 2.18. The van der Waals surface area contributed by atoms with E-state index in [4.69, 9.17) is 16.3 Å². The van der Waals surface area contributed by atoms with Crippen molar-refractivity contribution in [1.82, 2.24) is 10.3 Å². The fourth-order valence-corrected chi connectivity index (χ4v) is 2.21. The third-order valence-corrected chi connectivity index (χ3v) is 3.15. The first-order chi connectivity index (χ1) is 9.61. The van der Waals surface area contributed by atoms with Crippen molar-refractivity contribution >= 4 is 11.6 Å². The molecule has 4 heteroatoms. The molecule has 0 amide bonds. The molecule has 0 fully saturated rings. The Balaban J connectivity index is 2.38. The van der Waals surface area contributed by atoms with Gasteiger partial charge in [0.1, 0.15) is 5.75 Å². The Hall–Kier alpha value is -1.58. The smallest absolute Gasteiger partial charge is 0.124 e. The zero-order valence-corrected chi connectivity index (χ0v) is 12.7. The van der Waals surface area contributed by atoms with Crippen molar-refractivity contribution in [3.63, 3.8) is 0 Å². The van der Waals surface area contributed by atoms with Crippen molar-refractivity contribution in [2.45, 2.75) is 26.0 Å². The fraction of sp³-hybridized carbons (Fsp3) is 0.312. The third kappa shape index (κ3) is 3.50. The molecule has 1 atom stereocenters. The summed E-state index contributed by atoms with van der Waals surface area (Å²) < 4.78 is 5.88. The van der Waals surface area contributed by atoms with Gasteiger partial charge in [0.2, 0.25) is 0 Å². The summed E-state index contributed by atoms with van der Waals surface area (Å²) in [4.78, 5) is 4.40. The number of nitrogens with one attached hydrogen (secondary N) is 1. The largest absolute Gasteiger partial charge is 0.491 e. The summed E-state index contributed by atoms with van der Waals surface area (Å²) in [6.45, 7) is 4.04. The summed E-state index contributed by atoms with van der Waals surface area (Å²) >= 11 is 5.90. The van der Waals surface area contributed by atoms with E-state index in [9.17, 15) is 0 Å². The van der Waals surface area contributed by atoms with Crippen molar-refractivity contribution in [3.05, 3.63) is 58.9 Å². The summed E-state index contributed by atoms with van der Waals surface area (Å²) in [5.74, 6) is 0.874. The van der Waals surface area contributed by atoms with Crippen LogP contribution in [-0.2, 0) is 0 Å². The second-order valence-electron chi connectivity index (χ2n) is 4.83. The summed E-state index contributed by atoms with van der Waals surface area (Å²) in [5, 5.41) is 3.92. The van der Waals surface area contributed by atoms with Crippen molar-refractivity contribution in [3.8, 4) is 5.75 Å². The van der Waals surface area contributed by atoms with Gasteiger partial charge in [0, 0.05) is 11.8 Å². The number of benzene rings is 1. The molecule has 2 aromatic rings. The van der Waals surface area contributed by atoms with Gasteiger partial charge in [0.25, 0.3) is 0 Å². The van der Waals surface area contributed by atoms with Crippen LogP contribution in [0.15, 0.2) is 42.6 Å². The molecule has 106 valence electrons. The Bertz CT molecular complexity index is 555. The molecule has 0 saturated heterocycles. The minimum atomic E-state index is -0.0257. The zero-order chi connectivity index (χ0) is 14.5. The van der Waals surface area contributed by atoms with E-state index in [1.807, 2.05) is 51.2 Å². The van der Waals surface area contributed by atoms with E-state index in [1.165, 1.54) is 0 Å². The number of hydrogen-bond donors (Lipinski definition) is 1. The van der Waals surface area contributed by atoms with Crippen LogP contribution >= 0.6 is 11.6 Å². The number of pyridine rings is 1. The van der Waals surface area contributed by atoms with Crippen LogP contribution < -0.4 is 10.1 Å². The summed E-state index contributed by atoms with van der Waals surface area (Å²) in [7, 11) is 1.91. The molecule has 1 heterocycles. The minimum Gasteiger partial charge on any atom is -0.491 e. The van der Waals surface area contributed by atoms with Crippen LogP contribution in [0.2, 0.25) is 5.02 Å². The van der Waals surface area contributed by atoms with Gasteiger partial charge in [-0.1, -0.05) is 29.8 Å². The monoisotopic (exact) mass is 290 g/mol. The first-order valence-corrected chi connectivity index (χ1v) is 7.04. The second kappa shape index (κ2) is 6.73. The molecule has 2 rings (SSSR count). The van der Waals surface area contributed by atoms with Gasteiger partial charge in [-0.2, -0.15) is 0 Å². The first-order valence-electron chi connectivity index (χ1n) is 6.66. The summed E-state index contributed by atoms with van der Waals surface area (Å²) in [6, 6.07) is 11.8. The van der Waals surface area contributed by atoms with E-state index >= 15 is 0 Å². The SMILES string of the molecule is CNC(c1ccc(Cl)cn1)c1ccccc1OC(C)C. The first kappa shape index (κ1) is 14.8. The van der Waals surface area contributed by atoms with Crippen molar-refractivity contribution in [2.24, 2.45) is 0 Å². The number of hydrogen-bond acceptors (Lipinski definition) is 3. The van der Waals surface area contributed by atoms with Gasteiger partial charge in [-0.05, 0) is 39.1 Å². The lowest BCUT2D eigenvalue weighted by molar-refractivity contribution is 0.238. The predicted molar refractivity (Wildman–Crippen MR) is 82.4 cm³/mol. The molecule has 0 aliphatic heterocycles. The van der Waals surface area contributed by atoms with E-state index < -0.39 is 0 Å². The average molecular weight is 291 g/mol. The molecular weight excluding hydrogens is 272 g/mol. The standard InChI is InChI=1S/C16H19ClN2O/c1-11(2)20-15-7-5-4-6-13(15)16(18-3)14-9-8-12(17)10-19-14/h4-11,16,18H,1-3H3. The molecule has 0 aliphatic rings. The lowest BCUT2D eigenvalue weighted by atomic mass is 10.0. The van der Waals surface area contributed by atoms with Crippen LogP contribution in [0.3, 0.4) is 0 Å². The van der Waals surface area contributed by atoms with Crippen LogP contribution in [0.1, 0.15) is 31.1 Å². The lowest BCUT2D eigenvalue weighted by Gasteiger charge is -2.21. The number of rotatable bonds is 5. The molecule has 0 bridgehead atoms. The molecule has 1 aromatic heterocycles. The van der Waals surface area contributed by atoms with E-state index in [0.717, 1.165) is 17.0 Å². The van der Waals surface area contributed by atoms with Crippen LogP contribution in [0.5, 0.6) is 5.75 Å². The summed E-state index contributed by atoms with van der Waals surface area (Å²) in [6.07, 6.45) is 1.79. The highest BCUT2D eigenvalue weighted by Crippen LogP contribution is 2.29. The van der Waals surface area contributed by atoms with Gasteiger partial charge in [-0.15, -0.1) is 0 Å². The minimum absolute atomic E-state index is 0.0257. The summed E-state index contributed by atoms with van der Waals surface area (Å²) in [5.41, 5.74) is 1.98. The van der Waals surface area contributed by atoms with Gasteiger partial charge in [0.15, 0.2) is 0 Å². The Morgan fingerprint density at radius 1 is 1.15 bits per heavy atom. The topological polar surface area (TPSA) is 34.2 Å². The Kier molecular flexibility index (Phi) is 4.99. The van der Waals surface area contributed by atoms with Crippen molar-refractivity contribution < 1.29 is 4.74 Å². The van der Waals surface area contributed by atoms with Gasteiger partial charge in [-0.3, -0.25) is 4.98 Å². The molecule has 20 heavy (non-hydrogen) atoms. The van der Waals surface area contributed by atoms with E-state index in [2.05, 4.69) is 16.4 Å². The Labute approximate surface area is 124 Å². The number of para-hydroxylation sites is 1. The van der Waals surface area contributed by atoms with Gasteiger partial charge in [-0.25, -0.2) is 0 Å². The van der Waals surface area contributed by atoms with Gasteiger partial charge in [0.05, 0.1) is 22.9 Å². The van der Waals surface area contributed by atoms with E-state index in [1.54, 1.807) is 6.20 Å². The molecular formula is C16H19ClN2O. The Morgan fingerprint density at radius 2 is 1.90 bits per heavy atom. The molecule has 0 radical (unpaired) electrons. The lowest BCUT2D eigenvalue weighted by Crippen LogP contribution is -2.20. The predicted octanol–water partition coefficient (Wildman–Crippen LogP) is 3.83. The highest BCUT2D eigenvalue weighted by molar-refractivity contribution is 6.30. The van der Waals surface area contributed by atoms with Crippen molar-refractivity contribution in [1.29, 1.82) is 0 Å². The van der Waals surface area contributed by atoms with Gasteiger partial charge >= 0.3 is 0 Å². The van der Waals surface area contributed by atoms with Crippen LogP contribution in [0.4, 0.5) is 0 Å². The average Bonchev–Trinajstić information content (AvgIpc) is 2.43. The molecule has 0 aliphatic carbocycles. The maximum atomic E-state index is 5.90. The fourth-order valence-electron chi connectivity index (χ4n) is 2.10. The van der Waals surface area contributed by atoms with Crippen molar-refractivity contribution in [2.75, 3.05) is 7.05 Å². The molecule has 1 aromatic carbocycles. The van der Waals surface area contributed by atoms with Crippen LogP contribution in [-0.4, -0.2) is 18.1 Å². The number of aromatic nitrogens is 1. The number of ether oxygens (including phenoxy) is 1. The third-order valence-electron chi connectivity index (χ3n) is 2.93. The quantitative estimate of drug-likeness (QED) is 0.909. The number of halogens is 1. The van der Waals surface area contributed by atoms with E-state index in [-0.39, 0.29) is 12.1 Å². The van der Waals surface area contributed by atoms with E-state index in [0.29, 0.717) is 5.02 Å². The molecule has 1 N–H and O–H groups in total. The highest BCUT2D eigenvalue weighted by atomic mass is 35.5. The van der Waals surface area contributed by atoms with Crippen LogP contribution in [0, 0.1) is 0 Å². The molecule has 0 saturated carbocycles. The maximum Gasteiger partial charge on any atom is 0.124 e. The zero-order valence-electron chi connectivity index (χ0n) is 11.9. The number of nitrogens with zero attached hydrogens (tertiary/aromatic N) is 1. The molecule has 0 spiro atoms. The maximum absolute atomic E-state index is 5.90. The molecule has 1 unspecified atom stereocenters. The normalized spacial score (nSPS) is 12.4. The second-order valence-corrected chi connectivity index (χ2v) is 5.26. The van der Waals surface area contributed by atoms with Gasteiger partial charge < -0.3 is 10.1 Å².